The number of aromatic hydroxyl groups is 1. The number of benzene rings is 1. The van der Waals surface area contributed by atoms with Gasteiger partial charge in [0, 0.05) is 29.8 Å². The van der Waals surface area contributed by atoms with Gasteiger partial charge in [-0.05, 0) is 67.1 Å². The summed E-state index contributed by atoms with van der Waals surface area (Å²) in [5, 5.41) is 10.6. The van der Waals surface area contributed by atoms with E-state index in [2.05, 4.69) is 31.7 Å². The maximum atomic E-state index is 13.6. The largest absolute Gasteiger partial charge is 0.508 e. The van der Waals surface area contributed by atoms with Gasteiger partial charge in [0.25, 0.3) is 0 Å². The van der Waals surface area contributed by atoms with Gasteiger partial charge in [-0.2, -0.15) is 0 Å². The van der Waals surface area contributed by atoms with E-state index in [-0.39, 0.29) is 40.5 Å². The third kappa shape index (κ3) is 3.04. The van der Waals surface area contributed by atoms with E-state index in [0.29, 0.717) is 18.1 Å². The molecule has 3 atom stereocenters. The van der Waals surface area contributed by atoms with Crippen LogP contribution in [-0.4, -0.2) is 34.4 Å². The van der Waals surface area contributed by atoms with Crippen molar-refractivity contribution in [2.75, 3.05) is 6.54 Å². The molecule has 2 aliphatic carbocycles. The molecule has 0 spiro atoms. The fraction of sp³-hybridized carbons (Fsp3) is 0.680. The van der Waals surface area contributed by atoms with Gasteiger partial charge >= 0.3 is 0 Å². The van der Waals surface area contributed by atoms with E-state index in [1.807, 2.05) is 13.0 Å². The van der Waals surface area contributed by atoms with Crippen LogP contribution in [0.2, 0.25) is 0 Å². The lowest BCUT2D eigenvalue weighted by Gasteiger charge is -2.61. The summed E-state index contributed by atoms with van der Waals surface area (Å²) in [7, 11) is 0. The third-order valence-electron chi connectivity index (χ3n) is 9.19. The summed E-state index contributed by atoms with van der Waals surface area (Å²) in [6, 6.07) is 5.96. The van der Waals surface area contributed by atoms with E-state index < -0.39 is 0 Å². The van der Waals surface area contributed by atoms with Crippen molar-refractivity contribution >= 4 is 11.8 Å². The molecule has 1 saturated heterocycles. The topological polar surface area (TPSA) is 83.6 Å². The van der Waals surface area contributed by atoms with Gasteiger partial charge in [0.05, 0.1) is 0 Å². The highest BCUT2D eigenvalue weighted by Crippen LogP contribution is 2.57. The number of fused-ring (bicyclic) bond motifs is 4. The SMILES string of the molecule is CC(C(N)=O)[C@H]1CC[C@@H](C(=O)N2CC[C@@]3(C)c4cccc(O)c4C[C@@H]2C3(C)C)CC1. The Morgan fingerprint density at radius 1 is 1.17 bits per heavy atom. The number of hydrogen-bond acceptors (Lipinski definition) is 3. The molecule has 4 rings (SSSR count). The minimum atomic E-state index is -0.234. The Morgan fingerprint density at radius 2 is 1.83 bits per heavy atom. The van der Waals surface area contributed by atoms with Crippen LogP contribution in [0.25, 0.3) is 0 Å². The van der Waals surface area contributed by atoms with Gasteiger partial charge in [-0.1, -0.05) is 39.8 Å². The number of likely N-dealkylation sites (tertiary alicyclic amines) is 1. The van der Waals surface area contributed by atoms with Gasteiger partial charge in [-0.25, -0.2) is 0 Å². The molecule has 3 N–H and O–H groups in total. The summed E-state index contributed by atoms with van der Waals surface area (Å²) in [6.45, 7) is 9.56. The first-order chi connectivity index (χ1) is 14.1. The van der Waals surface area contributed by atoms with Crippen LogP contribution in [0.5, 0.6) is 5.75 Å². The van der Waals surface area contributed by atoms with E-state index in [1.165, 1.54) is 5.56 Å². The van der Waals surface area contributed by atoms with Crippen LogP contribution in [-0.2, 0) is 21.4 Å². The molecule has 1 saturated carbocycles. The van der Waals surface area contributed by atoms with Crippen molar-refractivity contribution in [1.29, 1.82) is 0 Å². The Kier molecular flexibility index (Phi) is 5.14. The van der Waals surface area contributed by atoms with Crippen molar-refractivity contribution in [2.45, 2.75) is 77.7 Å². The minimum Gasteiger partial charge on any atom is -0.508 e. The smallest absolute Gasteiger partial charge is 0.225 e. The number of amides is 2. The van der Waals surface area contributed by atoms with Crippen molar-refractivity contribution < 1.29 is 14.7 Å². The molecule has 1 aromatic carbocycles. The summed E-state index contributed by atoms with van der Waals surface area (Å²) >= 11 is 0. The van der Waals surface area contributed by atoms with Gasteiger partial charge < -0.3 is 15.7 Å². The Bertz CT molecular complexity index is 856. The van der Waals surface area contributed by atoms with E-state index in [1.54, 1.807) is 6.07 Å². The second-order valence-corrected chi connectivity index (χ2v) is 10.7. The molecule has 1 aliphatic heterocycles. The normalized spacial score (nSPS) is 33.5. The Morgan fingerprint density at radius 3 is 2.47 bits per heavy atom. The summed E-state index contributed by atoms with van der Waals surface area (Å²) in [4.78, 5) is 27.3. The van der Waals surface area contributed by atoms with Crippen molar-refractivity contribution in [1.82, 2.24) is 4.90 Å². The average Bonchev–Trinajstić information content (AvgIpc) is 2.70. The lowest BCUT2D eigenvalue weighted by atomic mass is 9.51. The quantitative estimate of drug-likeness (QED) is 0.793. The highest BCUT2D eigenvalue weighted by molar-refractivity contribution is 5.80. The molecular formula is C25H36N2O3. The van der Waals surface area contributed by atoms with E-state index >= 15 is 0 Å². The van der Waals surface area contributed by atoms with E-state index in [9.17, 15) is 14.7 Å². The number of phenolic OH excluding ortho intramolecular Hbond substituents is 1. The fourth-order valence-corrected chi connectivity index (χ4v) is 6.52. The lowest BCUT2D eigenvalue weighted by molar-refractivity contribution is -0.149. The van der Waals surface area contributed by atoms with E-state index in [0.717, 1.165) is 44.2 Å². The second-order valence-electron chi connectivity index (χ2n) is 10.7. The fourth-order valence-electron chi connectivity index (χ4n) is 6.52. The number of nitrogens with zero attached hydrogens (tertiary/aromatic N) is 1. The van der Waals surface area contributed by atoms with Crippen LogP contribution in [0.3, 0.4) is 0 Å². The van der Waals surface area contributed by atoms with Crippen LogP contribution in [0, 0.1) is 23.2 Å². The number of carbonyl (C=O) groups excluding carboxylic acids is 2. The summed E-state index contributed by atoms with van der Waals surface area (Å²) in [5.74, 6) is 0.600. The predicted octanol–water partition coefficient (Wildman–Crippen LogP) is 3.76. The zero-order chi connectivity index (χ0) is 21.8. The monoisotopic (exact) mass is 412 g/mol. The lowest BCUT2D eigenvalue weighted by Crippen LogP contribution is -2.65. The summed E-state index contributed by atoms with van der Waals surface area (Å²) in [6.07, 6.45) is 5.08. The average molecular weight is 413 g/mol. The molecule has 2 amide bonds. The summed E-state index contributed by atoms with van der Waals surface area (Å²) < 4.78 is 0. The number of primary amides is 1. The highest BCUT2D eigenvalue weighted by atomic mass is 16.3. The zero-order valence-electron chi connectivity index (χ0n) is 18.8. The number of nitrogens with two attached hydrogens (primary N) is 1. The number of carbonyl (C=O) groups is 2. The van der Waals surface area contributed by atoms with Gasteiger partial charge in [-0.15, -0.1) is 0 Å². The van der Waals surface area contributed by atoms with Gasteiger partial charge in [-0.3, -0.25) is 9.59 Å². The molecule has 1 unspecified atom stereocenters. The molecule has 0 aromatic heterocycles. The van der Waals surface area contributed by atoms with Gasteiger partial charge in [0.2, 0.25) is 11.8 Å². The second kappa shape index (κ2) is 7.28. The minimum absolute atomic E-state index is 0.0345. The summed E-state index contributed by atoms with van der Waals surface area (Å²) in [5.41, 5.74) is 7.62. The predicted molar refractivity (Wildman–Crippen MR) is 117 cm³/mol. The first-order valence-electron chi connectivity index (χ1n) is 11.5. The standard InChI is InChI=1S/C25H36N2O3/c1-15(22(26)29)16-8-10-17(11-9-16)23(30)27-13-12-25(4)19-6-5-7-20(28)18(19)14-21(27)24(25,2)3/h5-7,15-17,21,28H,8-14H2,1-4H3,(H2,26,29)/t15?,16-,17+,21-,25+/m1/s1. The van der Waals surface area contributed by atoms with Crippen molar-refractivity contribution in [3.05, 3.63) is 29.3 Å². The Labute approximate surface area is 180 Å². The molecule has 5 nitrogen and oxygen atoms in total. The molecule has 30 heavy (non-hydrogen) atoms. The molecule has 0 radical (unpaired) electrons. The third-order valence-corrected chi connectivity index (χ3v) is 9.19. The highest BCUT2D eigenvalue weighted by Gasteiger charge is 2.57. The molecule has 5 heteroatoms. The molecule has 1 heterocycles. The molecule has 164 valence electrons. The Balaban J connectivity index is 1.56. The first kappa shape index (κ1) is 21.2. The van der Waals surface area contributed by atoms with Crippen LogP contribution in [0.4, 0.5) is 0 Å². The van der Waals surface area contributed by atoms with Crippen LogP contribution < -0.4 is 5.73 Å². The Hall–Kier alpha value is -2.04. The zero-order valence-corrected chi connectivity index (χ0v) is 18.8. The van der Waals surface area contributed by atoms with Crippen LogP contribution in [0.1, 0.15) is 70.9 Å². The number of piperidine rings is 1. The number of hydrogen-bond donors (Lipinski definition) is 2. The van der Waals surface area contributed by atoms with Crippen molar-refractivity contribution in [3.63, 3.8) is 0 Å². The number of rotatable bonds is 3. The van der Waals surface area contributed by atoms with Crippen molar-refractivity contribution in [2.24, 2.45) is 28.9 Å². The van der Waals surface area contributed by atoms with Crippen LogP contribution in [0.15, 0.2) is 18.2 Å². The molecular weight excluding hydrogens is 376 g/mol. The maximum Gasteiger partial charge on any atom is 0.225 e. The van der Waals surface area contributed by atoms with Gasteiger partial charge in [0.1, 0.15) is 5.75 Å². The first-order valence-corrected chi connectivity index (χ1v) is 11.5. The number of phenols is 1. The molecule has 1 aromatic rings. The van der Waals surface area contributed by atoms with E-state index in [4.69, 9.17) is 5.73 Å². The van der Waals surface area contributed by atoms with Crippen molar-refractivity contribution in [3.8, 4) is 5.75 Å². The molecule has 2 bridgehead atoms. The molecule has 2 fully saturated rings. The van der Waals surface area contributed by atoms with Gasteiger partial charge in [0.15, 0.2) is 0 Å². The van der Waals surface area contributed by atoms with Crippen LogP contribution >= 0.6 is 0 Å². The maximum absolute atomic E-state index is 13.6. The molecule has 3 aliphatic rings.